The van der Waals surface area contributed by atoms with E-state index in [-0.39, 0.29) is 36.5 Å². The zero-order chi connectivity index (χ0) is 16.1. The number of carbonyl (C=O) groups is 1. The Morgan fingerprint density at radius 1 is 1.41 bits per heavy atom. The summed E-state index contributed by atoms with van der Waals surface area (Å²) in [5, 5.41) is 0. The molecule has 22 heavy (non-hydrogen) atoms. The Kier molecular flexibility index (Phi) is 5.85. The Labute approximate surface area is 129 Å². The highest BCUT2D eigenvalue weighted by Gasteiger charge is 2.28. The second-order valence-corrected chi connectivity index (χ2v) is 5.54. The van der Waals surface area contributed by atoms with E-state index in [0.717, 1.165) is 6.07 Å². The summed E-state index contributed by atoms with van der Waals surface area (Å²) in [5.41, 5.74) is 0.225. The summed E-state index contributed by atoms with van der Waals surface area (Å²) in [7, 11) is 1.58. The monoisotopic (exact) mass is 313 g/mol. The van der Waals surface area contributed by atoms with Crippen LogP contribution in [0.4, 0.5) is 8.78 Å². The molecule has 1 amide bonds. The molecule has 0 bridgehead atoms. The second kappa shape index (κ2) is 7.65. The SMILES string of the molecule is COC[C@@H]1CN(C(=O)CCc2cccc(F)c2F)C[C@H](C)O1. The lowest BCUT2D eigenvalue weighted by Gasteiger charge is -2.36. The Hall–Kier alpha value is -1.53. The van der Waals surface area contributed by atoms with Gasteiger partial charge in [0.15, 0.2) is 11.6 Å². The van der Waals surface area contributed by atoms with Gasteiger partial charge in [0, 0.05) is 26.6 Å². The van der Waals surface area contributed by atoms with E-state index in [1.165, 1.54) is 12.1 Å². The first-order chi connectivity index (χ1) is 10.5. The fraction of sp³-hybridized carbons (Fsp3) is 0.562. The van der Waals surface area contributed by atoms with Crippen LogP contribution < -0.4 is 0 Å². The first-order valence-electron chi connectivity index (χ1n) is 7.36. The van der Waals surface area contributed by atoms with Crippen molar-refractivity contribution in [2.45, 2.75) is 32.0 Å². The minimum atomic E-state index is -0.884. The first-order valence-corrected chi connectivity index (χ1v) is 7.36. The minimum absolute atomic E-state index is 0.0660. The van der Waals surface area contributed by atoms with Crippen molar-refractivity contribution in [2.24, 2.45) is 0 Å². The number of aryl methyl sites for hydroxylation is 1. The van der Waals surface area contributed by atoms with Gasteiger partial charge in [0.2, 0.25) is 5.91 Å². The number of methoxy groups -OCH3 is 1. The van der Waals surface area contributed by atoms with Crippen LogP contribution in [0.25, 0.3) is 0 Å². The number of morpholine rings is 1. The van der Waals surface area contributed by atoms with Crippen molar-refractivity contribution in [3.63, 3.8) is 0 Å². The van der Waals surface area contributed by atoms with Crippen LogP contribution in [0.5, 0.6) is 0 Å². The summed E-state index contributed by atoms with van der Waals surface area (Å²) < 4.78 is 37.5. The number of halogens is 2. The van der Waals surface area contributed by atoms with Crippen molar-refractivity contribution < 1.29 is 23.0 Å². The van der Waals surface area contributed by atoms with Crippen LogP contribution in [0.2, 0.25) is 0 Å². The van der Waals surface area contributed by atoms with Crippen LogP contribution in [-0.2, 0) is 20.7 Å². The summed E-state index contributed by atoms with van der Waals surface area (Å²) in [6, 6.07) is 4.02. The molecule has 1 aliphatic rings. The molecular formula is C16H21F2NO3. The lowest BCUT2D eigenvalue weighted by Crippen LogP contribution is -2.50. The molecule has 1 aromatic rings. The van der Waals surface area contributed by atoms with Crippen molar-refractivity contribution in [1.29, 1.82) is 0 Å². The smallest absolute Gasteiger partial charge is 0.223 e. The zero-order valence-corrected chi connectivity index (χ0v) is 12.9. The van der Waals surface area contributed by atoms with Crippen molar-refractivity contribution in [3.8, 4) is 0 Å². The first kappa shape index (κ1) is 16.8. The van der Waals surface area contributed by atoms with E-state index in [1.54, 1.807) is 12.0 Å². The average Bonchev–Trinajstić information content (AvgIpc) is 2.48. The quantitative estimate of drug-likeness (QED) is 0.836. The fourth-order valence-electron chi connectivity index (χ4n) is 2.67. The highest BCUT2D eigenvalue weighted by molar-refractivity contribution is 5.76. The van der Waals surface area contributed by atoms with Crippen molar-refractivity contribution in [3.05, 3.63) is 35.4 Å². The summed E-state index contributed by atoms with van der Waals surface area (Å²) in [5.74, 6) is -1.84. The molecule has 0 saturated carbocycles. The predicted molar refractivity (Wildman–Crippen MR) is 77.5 cm³/mol. The van der Waals surface area contributed by atoms with Crippen molar-refractivity contribution in [1.82, 2.24) is 4.90 Å². The number of hydrogen-bond acceptors (Lipinski definition) is 3. The second-order valence-electron chi connectivity index (χ2n) is 5.54. The largest absolute Gasteiger partial charge is 0.382 e. The molecule has 0 aliphatic carbocycles. The van der Waals surface area contributed by atoms with Gasteiger partial charge in [-0.15, -0.1) is 0 Å². The molecule has 1 heterocycles. The highest BCUT2D eigenvalue weighted by atomic mass is 19.2. The van der Waals surface area contributed by atoms with Gasteiger partial charge in [-0.25, -0.2) is 8.78 Å². The molecule has 0 unspecified atom stereocenters. The van der Waals surface area contributed by atoms with Gasteiger partial charge in [0.25, 0.3) is 0 Å². The molecule has 0 spiro atoms. The van der Waals surface area contributed by atoms with Gasteiger partial charge in [-0.05, 0) is 25.0 Å². The van der Waals surface area contributed by atoms with Gasteiger partial charge < -0.3 is 14.4 Å². The maximum Gasteiger partial charge on any atom is 0.223 e. The van der Waals surface area contributed by atoms with E-state index in [4.69, 9.17) is 9.47 Å². The summed E-state index contributed by atoms with van der Waals surface area (Å²) >= 11 is 0. The number of ether oxygens (including phenoxy) is 2. The van der Waals surface area contributed by atoms with Crippen LogP contribution in [0.1, 0.15) is 18.9 Å². The number of nitrogens with zero attached hydrogens (tertiary/aromatic N) is 1. The van der Waals surface area contributed by atoms with Crippen LogP contribution in [0, 0.1) is 11.6 Å². The molecule has 4 nitrogen and oxygen atoms in total. The van der Waals surface area contributed by atoms with E-state index in [1.807, 2.05) is 6.92 Å². The molecule has 1 aliphatic heterocycles. The number of hydrogen-bond donors (Lipinski definition) is 0. The van der Waals surface area contributed by atoms with Crippen molar-refractivity contribution >= 4 is 5.91 Å². The lowest BCUT2D eigenvalue weighted by molar-refractivity contribution is -0.148. The molecule has 1 fully saturated rings. The summed E-state index contributed by atoms with van der Waals surface area (Å²) in [6.07, 6.45) is 0.114. The maximum absolute atomic E-state index is 13.6. The zero-order valence-electron chi connectivity index (χ0n) is 12.9. The third kappa shape index (κ3) is 4.24. The number of benzene rings is 1. The topological polar surface area (TPSA) is 38.8 Å². The number of rotatable bonds is 5. The molecule has 1 aromatic carbocycles. The summed E-state index contributed by atoms with van der Waals surface area (Å²) in [4.78, 5) is 14.0. The third-order valence-electron chi connectivity index (χ3n) is 3.67. The minimum Gasteiger partial charge on any atom is -0.382 e. The van der Waals surface area contributed by atoms with E-state index in [0.29, 0.717) is 19.7 Å². The average molecular weight is 313 g/mol. The molecule has 122 valence electrons. The maximum atomic E-state index is 13.6. The number of amides is 1. The molecule has 6 heteroatoms. The van der Waals surface area contributed by atoms with E-state index in [9.17, 15) is 13.6 Å². The van der Waals surface area contributed by atoms with Gasteiger partial charge in [0.05, 0.1) is 18.8 Å². The molecule has 2 rings (SSSR count). The highest BCUT2D eigenvalue weighted by Crippen LogP contribution is 2.16. The van der Waals surface area contributed by atoms with Gasteiger partial charge >= 0.3 is 0 Å². The van der Waals surface area contributed by atoms with Crippen LogP contribution in [0.3, 0.4) is 0 Å². The fourth-order valence-corrected chi connectivity index (χ4v) is 2.67. The predicted octanol–water partition coefficient (Wildman–Crippen LogP) is 2.16. The Balaban J connectivity index is 1.92. The summed E-state index contributed by atoms with van der Waals surface area (Å²) in [6.45, 7) is 3.29. The van der Waals surface area contributed by atoms with Crippen LogP contribution in [-0.4, -0.2) is 49.8 Å². The standard InChI is InChI=1S/C16H21F2NO3/c1-11-8-19(9-13(22-11)10-21-2)15(20)7-6-12-4-3-5-14(17)16(12)18/h3-5,11,13H,6-10H2,1-2H3/t11-,13-/m0/s1. The van der Waals surface area contributed by atoms with Gasteiger partial charge in [0.1, 0.15) is 0 Å². The number of carbonyl (C=O) groups excluding carboxylic acids is 1. The van der Waals surface area contributed by atoms with E-state index in [2.05, 4.69) is 0 Å². The molecule has 0 aromatic heterocycles. The van der Waals surface area contributed by atoms with E-state index < -0.39 is 11.6 Å². The molecule has 0 N–H and O–H groups in total. The van der Waals surface area contributed by atoms with Crippen LogP contribution >= 0.6 is 0 Å². The lowest BCUT2D eigenvalue weighted by atomic mass is 10.1. The normalized spacial score (nSPS) is 21.9. The molecular weight excluding hydrogens is 292 g/mol. The molecule has 1 saturated heterocycles. The van der Waals surface area contributed by atoms with Gasteiger partial charge in [-0.1, -0.05) is 12.1 Å². The molecule has 0 radical (unpaired) electrons. The van der Waals surface area contributed by atoms with Crippen LogP contribution in [0.15, 0.2) is 18.2 Å². The Morgan fingerprint density at radius 3 is 2.91 bits per heavy atom. The van der Waals surface area contributed by atoms with Gasteiger partial charge in [-0.2, -0.15) is 0 Å². The third-order valence-corrected chi connectivity index (χ3v) is 3.67. The molecule has 2 atom stereocenters. The Morgan fingerprint density at radius 2 is 2.18 bits per heavy atom. The van der Waals surface area contributed by atoms with E-state index >= 15 is 0 Å². The van der Waals surface area contributed by atoms with Gasteiger partial charge in [-0.3, -0.25) is 4.79 Å². The van der Waals surface area contributed by atoms with Crippen molar-refractivity contribution in [2.75, 3.05) is 26.8 Å². The Bertz CT molecular complexity index is 524.